The lowest BCUT2D eigenvalue weighted by Crippen LogP contribution is -2.04. The van der Waals surface area contributed by atoms with Crippen LogP contribution >= 0.6 is 0 Å². The van der Waals surface area contributed by atoms with Crippen molar-refractivity contribution in [3.63, 3.8) is 0 Å². The molecule has 8 heavy (non-hydrogen) atoms. The highest BCUT2D eigenvalue weighted by atomic mass is 28.2. The van der Waals surface area contributed by atoms with Crippen molar-refractivity contribution in [2.75, 3.05) is 0 Å². The standard InChI is InChI=1S/C7H16Si/c1-8-7-5-3-2-4-6-7/h7H,2-6,8H2,1H3. The Kier molecular flexibility index (Phi) is 2.60. The minimum absolute atomic E-state index is 0.368. The molecule has 1 fully saturated rings. The van der Waals surface area contributed by atoms with E-state index in [1.807, 2.05) is 0 Å². The highest BCUT2D eigenvalue weighted by Crippen LogP contribution is 2.27. The first-order valence-electron chi connectivity index (χ1n) is 3.93. The van der Waals surface area contributed by atoms with Crippen LogP contribution in [0.5, 0.6) is 0 Å². The van der Waals surface area contributed by atoms with Crippen molar-refractivity contribution in [2.45, 2.75) is 44.2 Å². The fourth-order valence-corrected chi connectivity index (χ4v) is 2.99. The van der Waals surface area contributed by atoms with Crippen LogP contribution in [-0.2, 0) is 0 Å². The lowest BCUT2D eigenvalue weighted by Gasteiger charge is -2.18. The summed E-state index contributed by atoms with van der Waals surface area (Å²) >= 11 is 0. The van der Waals surface area contributed by atoms with Gasteiger partial charge in [0.1, 0.15) is 0 Å². The molecule has 0 heterocycles. The van der Waals surface area contributed by atoms with E-state index in [0.717, 1.165) is 0 Å². The summed E-state index contributed by atoms with van der Waals surface area (Å²) in [7, 11) is 0.368. The lowest BCUT2D eigenvalue weighted by molar-refractivity contribution is 0.501. The van der Waals surface area contributed by atoms with E-state index in [4.69, 9.17) is 0 Å². The van der Waals surface area contributed by atoms with Crippen LogP contribution in [0.15, 0.2) is 0 Å². The minimum atomic E-state index is 0.368. The van der Waals surface area contributed by atoms with Gasteiger partial charge in [-0.05, 0) is 0 Å². The summed E-state index contributed by atoms with van der Waals surface area (Å²) in [6.07, 6.45) is 7.73. The van der Waals surface area contributed by atoms with Gasteiger partial charge in [0.2, 0.25) is 0 Å². The molecule has 0 aromatic carbocycles. The van der Waals surface area contributed by atoms with E-state index >= 15 is 0 Å². The zero-order valence-corrected chi connectivity index (χ0v) is 7.23. The average Bonchev–Trinajstić information content (AvgIpc) is 1.90. The number of hydrogen-bond donors (Lipinski definition) is 0. The van der Waals surface area contributed by atoms with Gasteiger partial charge in [0.15, 0.2) is 0 Å². The van der Waals surface area contributed by atoms with Gasteiger partial charge in [-0.2, -0.15) is 0 Å². The third-order valence-corrected chi connectivity index (χ3v) is 4.27. The summed E-state index contributed by atoms with van der Waals surface area (Å²) < 4.78 is 0. The Morgan fingerprint density at radius 1 is 1.12 bits per heavy atom. The van der Waals surface area contributed by atoms with E-state index < -0.39 is 0 Å². The van der Waals surface area contributed by atoms with E-state index in [1.54, 1.807) is 12.8 Å². The highest BCUT2D eigenvalue weighted by Gasteiger charge is 2.09. The third-order valence-electron chi connectivity index (χ3n) is 2.30. The Morgan fingerprint density at radius 2 is 1.75 bits per heavy atom. The second-order valence-electron chi connectivity index (χ2n) is 2.91. The Hall–Kier alpha value is 0.217. The fourth-order valence-electron chi connectivity index (χ4n) is 1.60. The van der Waals surface area contributed by atoms with Gasteiger partial charge in [-0.3, -0.25) is 0 Å². The molecule has 0 radical (unpaired) electrons. The van der Waals surface area contributed by atoms with E-state index in [2.05, 4.69) is 6.55 Å². The Labute approximate surface area is 54.5 Å². The van der Waals surface area contributed by atoms with Crippen LogP contribution in [-0.4, -0.2) is 9.52 Å². The third kappa shape index (κ3) is 1.62. The molecule has 0 aliphatic heterocycles. The first-order chi connectivity index (χ1) is 3.93. The zero-order valence-electron chi connectivity index (χ0n) is 5.82. The Bertz CT molecular complexity index is 55.4. The monoisotopic (exact) mass is 128 g/mol. The lowest BCUT2D eigenvalue weighted by atomic mass is 10.0. The van der Waals surface area contributed by atoms with E-state index in [1.165, 1.54) is 24.8 Å². The van der Waals surface area contributed by atoms with Gasteiger partial charge in [-0.15, -0.1) is 0 Å². The van der Waals surface area contributed by atoms with Crippen LogP contribution in [0.2, 0.25) is 12.1 Å². The predicted molar refractivity (Wildman–Crippen MR) is 41.2 cm³/mol. The van der Waals surface area contributed by atoms with Crippen molar-refractivity contribution in [3.05, 3.63) is 0 Å². The molecule has 0 aromatic rings. The molecule has 0 nitrogen and oxygen atoms in total. The first kappa shape index (κ1) is 6.34. The molecule has 0 amide bonds. The summed E-state index contributed by atoms with van der Waals surface area (Å²) in [5.74, 6) is 0. The molecule has 0 bridgehead atoms. The van der Waals surface area contributed by atoms with Gasteiger partial charge >= 0.3 is 0 Å². The van der Waals surface area contributed by atoms with E-state index in [0.29, 0.717) is 9.52 Å². The van der Waals surface area contributed by atoms with Crippen molar-refractivity contribution in [2.24, 2.45) is 0 Å². The first-order valence-corrected chi connectivity index (χ1v) is 6.16. The fraction of sp³-hybridized carbons (Fsp3) is 1.00. The van der Waals surface area contributed by atoms with Crippen LogP contribution in [0, 0.1) is 0 Å². The SMILES string of the molecule is C[SiH2]C1CCCCC1. The van der Waals surface area contributed by atoms with Gasteiger partial charge in [-0.25, -0.2) is 0 Å². The van der Waals surface area contributed by atoms with Crippen molar-refractivity contribution < 1.29 is 0 Å². The maximum Gasteiger partial charge on any atom is 0.0201 e. The van der Waals surface area contributed by atoms with E-state index in [9.17, 15) is 0 Å². The molecule has 0 N–H and O–H groups in total. The molecule has 0 aromatic heterocycles. The van der Waals surface area contributed by atoms with Crippen LogP contribution in [0.1, 0.15) is 32.1 Å². The molecular formula is C7H16Si. The highest BCUT2D eigenvalue weighted by molar-refractivity contribution is 6.35. The average molecular weight is 128 g/mol. The smallest absolute Gasteiger partial charge is 0.0201 e. The van der Waals surface area contributed by atoms with Crippen molar-refractivity contribution >= 4 is 9.52 Å². The molecule has 1 heteroatoms. The molecule has 1 rings (SSSR count). The van der Waals surface area contributed by atoms with Gasteiger partial charge in [0.25, 0.3) is 0 Å². The molecule has 1 aliphatic carbocycles. The van der Waals surface area contributed by atoms with Crippen LogP contribution in [0.3, 0.4) is 0 Å². The van der Waals surface area contributed by atoms with Gasteiger partial charge < -0.3 is 0 Å². The molecule has 0 saturated heterocycles. The Morgan fingerprint density at radius 3 is 2.12 bits per heavy atom. The maximum absolute atomic E-state index is 2.45. The molecule has 0 spiro atoms. The summed E-state index contributed by atoms with van der Waals surface area (Å²) in [6, 6.07) is 0. The molecule has 1 saturated carbocycles. The van der Waals surface area contributed by atoms with Crippen LogP contribution in [0.4, 0.5) is 0 Å². The normalized spacial score (nSPS) is 25.1. The topological polar surface area (TPSA) is 0 Å². The van der Waals surface area contributed by atoms with E-state index in [-0.39, 0.29) is 0 Å². The molecular weight excluding hydrogens is 112 g/mol. The van der Waals surface area contributed by atoms with Crippen LogP contribution < -0.4 is 0 Å². The predicted octanol–water partition coefficient (Wildman–Crippen LogP) is 1.96. The maximum atomic E-state index is 2.45. The second-order valence-corrected chi connectivity index (χ2v) is 4.88. The van der Waals surface area contributed by atoms with Crippen molar-refractivity contribution in [1.29, 1.82) is 0 Å². The van der Waals surface area contributed by atoms with Crippen molar-refractivity contribution in [1.82, 2.24) is 0 Å². The molecule has 0 atom stereocenters. The summed E-state index contributed by atoms with van der Waals surface area (Å²) in [5.41, 5.74) is 1.23. The van der Waals surface area contributed by atoms with Gasteiger partial charge in [0.05, 0.1) is 0 Å². The summed E-state index contributed by atoms with van der Waals surface area (Å²) in [6.45, 7) is 2.45. The Balaban J connectivity index is 2.13. The number of hydrogen-bond acceptors (Lipinski definition) is 0. The van der Waals surface area contributed by atoms with Gasteiger partial charge in [0, 0.05) is 9.52 Å². The molecule has 48 valence electrons. The summed E-state index contributed by atoms with van der Waals surface area (Å²) in [5, 5.41) is 0. The molecule has 1 aliphatic rings. The largest absolute Gasteiger partial charge is 0.0746 e. The molecule has 0 unspecified atom stereocenters. The summed E-state index contributed by atoms with van der Waals surface area (Å²) in [4.78, 5) is 0. The van der Waals surface area contributed by atoms with Gasteiger partial charge in [-0.1, -0.05) is 44.2 Å². The van der Waals surface area contributed by atoms with Crippen LogP contribution in [0.25, 0.3) is 0 Å². The van der Waals surface area contributed by atoms with Crippen molar-refractivity contribution in [3.8, 4) is 0 Å². The second kappa shape index (κ2) is 3.28. The number of rotatable bonds is 1. The quantitative estimate of drug-likeness (QED) is 0.474. The zero-order chi connectivity index (χ0) is 5.82. The minimum Gasteiger partial charge on any atom is -0.0746 e.